The van der Waals surface area contributed by atoms with Crippen LogP contribution >= 0.6 is 35.3 Å². The van der Waals surface area contributed by atoms with Crippen LogP contribution in [0.25, 0.3) is 0 Å². The number of hydrogen-bond donors (Lipinski definition) is 2. The van der Waals surface area contributed by atoms with E-state index in [4.69, 9.17) is 15.5 Å². The molecule has 1 fully saturated rings. The number of aromatic nitrogens is 1. The molecule has 25 heavy (non-hydrogen) atoms. The lowest BCUT2D eigenvalue weighted by molar-refractivity contribution is 0.415. The van der Waals surface area contributed by atoms with Gasteiger partial charge >= 0.3 is 0 Å². The van der Waals surface area contributed by atoms with E-state index in [1.165, 1.54) is 12.8 Å². The first-order valence-corrected chi connectivity index (χ1v) is 9.03. The molecule has 1 aliphatic heterocycles. The number of benzene rings is 1. The molecule has 136 valence electrons. The molecule has 0 atom stereocenters. The van der Waals surface area contributed by atoms with E-state index in [1.54, 1.807) is 18.4 Å². The van der Waals surface area contributed by atoms with E-state index >= 15 is 0 Å². The number of aliphatic imine (C=N–C) groups is 1. The molecule has 0 aliphatic carbocycles. The van der Waals surface area contributed by atoms with Crippen LogP contribution in [-0.4, -0.2) is 37.7 Å². The fourth-order valence-corrected chi connectivity index (χ4v) is 3.56. The lowest BCUT2D eigenvalue weighted by atomic mass is 10.3. The van der Waals surface area contributed by atoms with Crippen molar-refractivity contribution < 1.29 is 4.74 Å². The highest BCUT2D eigenvalue weighted by Gasteiger charge is 2.15. The van der Waals surface area contributed by atoms with Crippen molar-refractivity contribution in [2.75, 3.05) is 37.0 Å². The van der Waals surface area contributed by atoms with Gasteiger partial charge in [0.2, 0.25) is 0 Å². The van der Waals surface area contributed by atoms with Crippen molar-refractivity contribution in [3.63, 3.8) is 0 Å². The number of anilines is 2. The summed E-state index contributed by atoms with van der Waals surface area (Å²) >= 11 is 1.72. The molecule has 6 nitrogen and oxygen atoms in total. The average molecular weight is 473 g/mol. The lowest BCUT2D eigenvalue weighted by Gasteiger charge is -2.12. The standard InChI is InChI=1S/C17H23N5OS.HI/c1-23-15-6-4-5-13(11-15)20-16(18)19-8-7-14-12-24-17(21-14)22-9-2-3-10-22;/h4-6,11-12H,2-3,7-10H2,1H3,(H3,18,19,20);1H. The number of hydrogen-bond acceptors (Lipinski definition) is 5. The number of thiazole rings is 1. The zero-order chi connectivity index (χ0) is 16.8. The Balaban J connectivity index is 0.00000225. The number of rotatable bonds is 6. The molecule has 3 rings (SSSR count). The molecular formula is C17H24IN5OS. The Labute approximate surface area is 169 Å². The van der Waals surface area contributed by atoms with Crippen molar-refractivity contribution in [1.29, 1.82) is 0 Å². The molecule has 1 aromatic carbocycles. The van der Waals surface area contributed by atoms with E-state index < -0.39 is 0 Å². The van der Waals surface area contributed by atoms with E-state index in [0.717, 1.165) is 41.8 Å². The van der Waals surface area contributed by atoms with Crippen LogP contribution in [0.15, 0.2) is 34.6 Å². The smallest absolute Gasteiger partial charge is 0.193 e. The minimum atomic E-state index is 0. The molecule has 0 unspecified atom stereocenters. The average Bonchev–Trinajstić information content (AvgIpc) is 3.26. The van der Waals surface area contributed by atoms with E-state index in [9.17, 15) is 0 Å². The second kappa shape index (κ2) is 9.81. The molecular weight excluding hydrogens is 449 g/mol. The highest BCUT2D eigenvalue weighted by molar-refractivity contribution is 14.0. The highest BCUT2D eigenvalue weighted by atomic mass is 127. The van der Waals surface area contributed by atoms with Crippen molar-refractivity contribution in [3.8, 4) is 5.75 Å². The van der Waals surface area contributed by atoms with Gasteiger partial charge < -0.3 is 20.7 Å². The zero-order valence-electron chi connectivity index (χ0n) is 14.3. The van der Waals surface area contributed by atoms with Crippen molar-refractivity contribution in [1.82, 2.24) is 4.98 Å². The van der Waals surface area contributed by atoms with Gasteiger partial charge in [-0.15, -0.1) is 35.3 Å². The number of ether oxygens (including phenoxy) is 1. The van der Waals surface area contributed by atoms with Gasteiger partial charge in [0, 0.05) is 43.2 Å². The predicted molar refractivity (Wildman–Crippen MR) is 116 cm³/mol. The largest absolute Gasteiger partial charge is 0.497 e. The van der Waals surface area contributed by atoms with Crippen LogP contribution in [0.5, 0.6) is 5.75 Å². The van der Waals surface area contributed by atoms with Gasteiger partial charge in [-0.1, -0.05) is 6.07 Å². The Morgan fingerprint density at radius 1 is 1.40 bits per heavy atom. The first kappa shape index (κ1) is 19.8. The van der Waals surface area contributed by atoms with Crippen molar-refractivity contribution >= 4 is 52.1 Å². The van der Waals surface area contributed by atoms with Crippen LogP contribution in [0.4, 0.5) is 10.8 Å². The maximum absolute atomic E-state index is 5.94. The molecule has 0 spiro atoms. The SMILES string of the molecule is COc1cccc(NC(N)=NCCc2csc(N3CCCC3)n2)c1.I. The zero-order valence-corrected chi connectivity index (χ0v) is 17.4. The topological polar surface area (TPSA) is 75.8 Å². The van der Waals surface area contributed by atoms with Gasteiger partial charge in [0.1, 0.15) is 5.75 Å². The quantitative estimate of drug-likeness (QED) is 0.383. The van der Waals surface area contributed by atoms with Gasteiger partial charge in [-0.25, -0.2) is 4.98 Å². The van der Waals surface area contributed by atoms with E-state index in [0.29, 0.717) is 12.5 Å². The summed E-state index contributed by atoms with van der Waals surface area (Å²) in [5.74, 6) is 1.18. The van der Waals surface area contributed by atoms with Crippen LogP contribution in [0.3, 0.4) is 0 Å². The fraction of sp³-hybridized carbons (Fsp3) is 0.412. The summed E-state index contributed by atoms with van der Waals surface area (Å²) in [6.45, 7) is 2.87. The van der Waals surface area contributed by atoms with Crippen LogP contribution in [-0.2, 0) is 6.42 Å². The van der Waals surface area contributed by atoms with Gasteiger partial charge in [-0.05, 0) is 25.0 Å². The number of guanidine groups is 1. The summed E-state index contributed by atoms with van der Waals surface area (Å²) in [7, 11) is 1.64. The number of nitrogens with two attached hydrogens (primary N) is 1. The number of methoxy groups -OCH3 is 1. The molecule has 0 radical (unpaired) electrons. The van der Waals surface area contributed by atoms with Crippen LogP contribution in [0, 0.1) is 0 Å². The Kier molecular flexibility index (Phi) is 7.76. The van der Waals surface area contributed by atoms with Gasteiger partial charge in [0.15, 0.2) is 11.1 Å². The molecule has 0 amide bonds. The van der Waals surface area contributed by atoms with E-state index in [1.807, 2.05) is 24.3 Å². The Morgan fingerprint density at radius 2 is 2.20 bits per heavy atom. The maximum atomic E-state index is 5.94. The van der Waals surface area contributed by atoms with Gasteiger partial charge in [-0.2, -0.15) is 0 Å². The predicted octanol–water partition coefficient (Wildman–Crippen LogP) is 3.34. The third-order valence-corrected chi connectivity index (χ3v) is 4.86. The Bertz CT molecular complexity index is 700. The van der Waals surface area contributed by atoms with Crippen molar-refractivity contribution in [2.45, 2.75) is 19.3 Å². The molecule has 1 aromatic heterocycles. The Morgan fingerprint density at radius 3 is 2.96 bits per heavy atom. The van der Waals surface area contributed by atoms with Gasteiger partial charge in [0.25, 0.3) is 0 Å². The monoisotopic (exact) mass is 473 g/mol. The molecule has 1 aliphatic rings. The summed E-state index contributed by atoms with van der Waals surface area (Å²) in [6, 6.07) is 7.60. The van der Waals surface area contributed by atoms with E-state index in [-0.39, 0.29) is 24.0 Å². The minimum Gasteiger partial charge on any atom is -0.497 e. The molecule has 8 heteroatoms. The molecule has 3 N–H and O–H groups in total. The summed E-state index contributed by atoms with van der Waals surface area (Å²) in [6.07, 6.45) is 3.34. The number of halogens is 1. The van der Waals surface area contributed by atoms with E-state index in [2.05, 4.69) is 20.6 Å². The summed E-state index contributed by atoms with van der Waals surface area (Å²) in [4.78, 5) is 11.4. The first-order chi connectivity index (χ1) is 11.7. The third kappa shape index (κ3) is 5.74. The molecule has 0 bridgehead atoms. The van der Waals surface area contributed by atoms with Crippen LogP contribution in [0.2, 0.25) is 0 Å². The maximum Gasteiger partial charge on any atom is 0.193 e. The molecule has 2 aromatic rings. The molecule has 0 saturated carbocycles. The van der Waals surface area contributed by atoms with Crippen LogP contribution < -0.4 is 20.7 Å². The highest BCUT2D eigenvalue weighted by Crippen LogP contribution is 2.24. The number of nitrogens with zero attached hydrogens (tertiary/aromatic N) is 3. The molecule has 2 heterocycles. The first-order valence-electron chi connectivity index (χ1n) is 8.15. The van der Waals surface area contributed by atoms with Gasteiger partial charge in [-0.3, -0.25) is 4.99 Å². The fourth-order valence-electron chi connectivity index (χ4n) is 2.64. The van der Waals surface area contributed by atoms with Crippen LogP contribution in [0.1, 0.15) is 18.5 Å². The second-order valence-electron chi connectivity index (χ2n) is 5.69. The van der Waals surface area contributed by atoms with Gasteiger partial charge in [0.05, 0.1) is 12.8 Å². The van der Waals surface area contributed by atoms with Crippen molar-refractivity contribution in [3.05, 3.63) is 35.3 Å². The summed E-state index contributed by atoms with van der Waals surface area (Å²) < 4.78 is 5.19. The minimum absolute atomic E-state index is 0. The normalized spacial score (nSPS) is 14.3. The summed E-state index contributed by atoms with van der Waals surface area (Å²) in [5, 5.41) is 6.33. The second-order valence-corrected chi connectivity index (χ2v) is 6.53. The molecule has 1 saturated heterocycles. The summed E-state index contributed by atoms with van der Waals surface area (Å²) in [5.41, 5.74) is 7.88. The number of nitrogens with one attached hydrogen (secondary N) is 1. The Hall–Kier alpha value is -1.55. The third-order valence-electron chi connectivity index (χ3n) is 3.91. The lowest BCUT2D eigenvalue weighted by Crippen LogP contribution is -2.23. The van der Waals surface area contributed by atoms with Crippen molar-refractivity contribution in [2.24, 2.45) is 10.7 Å².